The van der Waals surface area contributed by atoms with Crippen molar-refractivity contribution in [3.8, 4) is 22.6 Å². The molecular formula is C16H18O2. The van der Waals surface area contributed by atoms with E-state index >= 15 is 0 Å². The van der Waals surface area contributed by atoms with Crippen LogP contribution >= 0.6 is 0 Å². The number of methoxy groups -OCH3 is 1. The predicted molar refractivity (Wildman–Crippen MR) is 74.3 cm³/mol. The standard InChI is InChI=1S/C16H18O2/c1-10-8-9-13(12(3)11(10)2)14-6-5-7-15(17)16(14)18-4/h5-9,17H,1-4H3. The molecule has 2 nitrogen and oxygen atoms in total. The molecule has 94 valence electrons. The summed E-state index contributed by atoms with van der Waals surface area (Å²) < 4.78 is 5.31. The molecule has 2 aromatic rings. The van der Waals surface area contributed by atoms with Crippen LogP contribution < -0.4 is 4.74 Å². The van der Waals surface area contributed by atoms with Crippen molar-refractivity contribution >= 4 is 0 Å². The Balaban J connectivity index is 2.70. The van der Waals surface area contributed by atoms with Crippen LogP contribution in [0.1, 0.15) is 16.7 Å². The molecule has 18 heavy (non-hydrogen) atoms. The van der Waals surface area contributed by atoms with Crippen LogP contribution in [-0.2, 0) is 0 Å². The minimum absolute atomic E-state index is 0.174. The fourth-order valence-corrected chi connectivity index (χ4v) is 2.20. The van der Waals surface area contributed by atoms with Crippen LogP contribution in [0.3, 0.4) is 0 Å². The summed E-state index contributed by atoms with van der Waals surface area (Å²) in [6.45, 7) is 6.32. The van der Waals surface area contributed by atoms with Gasteiger partial charge in [0.25, 0.3) is 0 Å². The minimum atomic E-state index is 0.174. The first kappa shape index (κ1) is 12.5. The SMILES string of the molecule is COc1c(O)cccc1-c1ccc(C)c(C)c1C. The predicted octanol–water partition coefficient (Wildman–Crippen LogP) is 3.99. The number of hydrogen-bond acceptors (Lipinski definition) is 2. The highest BCUT2D eigenvalue weighted by atomic mass is 16.5. The number of rotatable bonds is 2. The van der Waals surface area contributed by atoms with E-state index in [4.69, 9.17) is 4.74 Å². The number of hydrogen-bond donors (Lipinski definition) is 1. The lowest BCUT2D eigenvalue weighted by molar-refractivity contribution is 0.375. The Kier molecular flexibility index (Phi) is 3.28. The zero-order valence-corrected chi connectivity index (χ0v) is 11.2. The van der Waals surface area contributed by atoms with Crippen molar-refractivity contribution in [1.82, 2.24) is 0 Å². The largest absolute Gasteiger partial charge is 0.504 e. The first-order valence-electron chi connectivity index (χ1n) is 5.99. The average molecular weight is 242 g/mol. The van der Waals surface area contributed by atoms with Gasteiger partial charge in [-0.3, -0.25) is 0 Å². The molecule has 2 aromatic carbocycles. The van der Waals surface area contributed by atoms with Crippen LogP contribution in [0.2, 0.25) is 0 Å². The van der Waals surface area contributed by atoms with E-state index in [1.807, 2.05) is 12.1 Å². The molecule has 2 rings (SSSR count). The maximum Gasteiger partial charge on any atom is 0.168 e. The highest BCUT2D eigenvalue weighted by Crippen LogP contribution is 2.39. The summed E-state index contributed by atoms with van der Waals surface area (Å²) in [4.78, 5) is 0. The Bertz CT molecular complexity index is 586. The molecule has 0 saturated heterocycles. The van der Waals surface area contributed by atoms with Crippen LogP contribution in [0, 0.1) is 20.8 Å². The van der Waals surface area contributed by atoms with Crippen LogP contribution in [-0.4, -0.2) is 12.2 Å². The highest BCUT2D eigenvalue weighted by molar-refractivity contribution is 5.77. The Morgan fingerprint density at radius 2 is 1.61 bits per heavy atom. The summed E-state index contributed by atoms with van der Waals surface area (Å²) in [6.07, 6.45) is 0. The molecule has 0 saturated carbocycles. The number of aromatic hydroxyl groups is 1. The van der Waals surface area contributed by atoms with Crippen molar-refractivity contribution in [2.45, 2.75) is 20.8 Å². The third-order valence-corrected chi connectivity index (χ3v) is 3.55. The van der Waals surface area contributed by atoms with E-state index in [0.29, 0.717) is 5.75 Å². The second kappa shape index (κ2) is 4.73. The average Bonchev–Trinajstić information content (AvgIpc) is 2.36. The fraction of sp³-hybridized carbons (Fsp3) is 0.250. The lowest BCUT2D eigenvalue weighted by atomic mass is 9.93. The smallest absolute Gasteiger partial charge is 0.168 e. The second-order valence-corrected chi connectivity index (χ2v) is 4.54. The summed E-state index contributed by atoms with van der Waals surface area (Å²) in [7, 11) is 1.58. The normalized spacial score (nSPS) is 10.4. The first-order chi connectivity index (χ1) is 8.56. The van der Waals surface area contributed by atoms with Gasteiger partial charge in [0.2, 0.25) is 0 Å². The third-order valence-electron chi connectivity index (χ3n) is 3.55. The van der Waals surface area contributed by atoms with E-state index < -0.39 is 0 Å². The van der Waals surface area contributed by atoms with E-state index in [9.17, 15) is 5.11 Å². The fourth-order valence-electron chi connectivity index (χ4n) is 2.20. The lowest BCUT2D eigenvalue weighted by Crippen LogP contribution is -1.94. The van der Waals surface area contributed by atoms with Gasteiger partial charge >= 0.3 is 0 Å². The monoisotopic (exact) mass is 242 g/mol. The summed E-state index contributed by atoms with van der Waals surface area (Å²) in [6, 6.07) is 9.62. The minimum Gasteiger partial charge on any atom is -0.504 e. The molecule has 0 aliphatic rings. The molecule has 2 heteroatoms. The van der Waals surface area contributed by atoms with E-state index in [2.05, 4.69) is 32.9 Å². The molecule has 0 radical (unpaired) electrons. The lowest BCUT2D eigenvalue weighted by Gasteiger charge is -2.15. The van der Waals surface area contributed by atoms with Crippen molar-refractivity contribution in [1.29, 1.82) is 0 Å². The van der Waals surface area contributed by atoms with Crippen LogP contribution in [0.25, 0.3) is 11.1 Å². The van der Waals surface area contributed by atoms with Gasteiger partial charge in [0.05, 0.1) is 7.11 Å². The van der Waals surface area contributed by atoms with Crippen LogP contribution in [0.15, 0.2) is 30.3 Å². The number of aryl methyl sites for hydroxylation is 1. The maximum atomic E-state index is 9.84. The summed E-state index contributed by atoms with van der Waals surface area (Å²) in [5.74, 6) is 0.705. The number of phenolic OH excluding ortho intramolecular Hbond substituents is 1. The maximum absolute atomic E-state index is 9.84. The number of ether oxygens (including phenoxy) is 1. The molecule has 0 spiro atoms. The molecule has 1 N–H and O–H groups in total. The molecule has 0 aromatic heterocycles. The summed E-state index contributed by atoms with van der Waals surface area (Å²) >= 11 is 0. The van der Waals surface area contributed by atoms with Gasteiger partial charge in [0, 0.05) is 5.56 Å². The van der Waals surface area contributed by atoms with Gasteiger partial charge in [-0.25, -0.2) is 0 Å². The molecule has 0 unspecified atom stereocenters. The molecule has 0 amide bonds. The van der Waals surface area contributed by atoms with Gasteiger partial charge in [0.15, 0.2) is 11.5 Å². The summed E-state index contributed by atoms with van der Waals surface area (Å²) in [5.41, 5.74) is 5.80. The van der Waals surface area contributed by atoms with Gasteiger partial charge in [-0.2, -0.15) is 0 Å². The Labute approximate surface area is 108 Å². The Hall–Kier alpha value is -1.96. The number of para-hydroxylation sites is 1. The van der Waals surface area contributed by atoms with Gasteiger partial charge in [-0.1, -0.05) is 24.3 Å². The Morgan fingerprint density at radius 1 is 0.889 bits per heavy atom. The van der Waals surface area contributed by atoms with Crippen LogP contribution in [0.5, 0.6) is 11.5 Å². The first-order valence-corrected chi connectivity index (χ1v) is 5.99. The van der Waals surface area contributed by atoms with Gasteiger partial charge in [-0.05, 0) is 49.1 Å². The number of phenols is 1. The van der Waals surface area contributed by atoms with E-state index in [1.54, 1.807) is 13.2 Å². The molecule has 0 aliphatic carbocycles. The molecule has 0 fully saturated rings. The Morgan fingerprint density at radius 3 is 2.28 bits per heavy atom. The summed E-state index contributed by atoms with van der Waals surface area (Å²) in [5, 5.41) is 9.84. The van der Waals surface area contributed by atoms with Crippen molar-refractivity contribution < 1.29 is 9.84 Å². The topological polar surface area (TPSA) is 29.5 Å². The van der Waals surface area contributed by atoms with Gasteiger partial charge < -0.3 is 9.84 Å². The molecular weight excluding hydrogens is 224 g/mol. The van der Waals surface area contributed by atoms with Crippen molar-refractivity contribution in [2.75, 3.05) is 7.11 Å². The zero-order valence-electron chi connectivity index (χ0n) is 11.2. The molecule has 0 bridgehead atoms. The van der Waals surface area contributed by atoms with Crippen LogP contribution in [0.4, 0.5) is 0 Å². The number of benzene rings is 2. The van der Waals surface area contributed by atoms with E-state index in [1.165, 1.54) is 16.7 Å². The van der Waals surface area contributed by atoms with Gasteiger partial charge in [-0.15, -0.1) is 0 Å². The molecule has 0 heterocycles. The second-order valence-electron chi connectivity index (χ2n) is 4.54. The van der Waals surface area contributed by atoms with Crippen molar-refractivity contribution in [3.05, 3.63) is 47.0 Å². The van der Waals surface area contributed by atoms with Crippen molar-refractivity contribution in [3.63, 3.8) is 0 Å². The zero-order chi connectivity index (χ0) is 13.3. The highest BCUT2D eigenvalue weighted by Gasteiger charge is 2.13. The van der Waals surface area contributed by atoms with E-state index in [0.717, 1.165) is 11.1 Å². The third kappa shape index (κ3) is 1.94. The molecule has 0 aliphatic heterocycles. The van der Waals surface area contributed by atoms with E-state index in [-0.39, 0.29) is 5.75 Å². The van der Waals surface area contributed by atoms with Gasteiger partial charge in [0.1, 0.15) is 0 Å². The molecule has 0 atom stereocenters. The quantitative estimate of drug-likeness (QED) is 0.862. The van der Waals surface area contributed by atoms with Crippen molar-refractivity contribution in [2.24, 2.45) is 0 Å².